The van der Waals surface area contributed by atoms with E-state index >= 15 is 0 Å². The van der Waals surface area contributed by atoms with Crippen LogP contribution in [0.4, 0.5) is 0 Å². The fraction of sp³-hybridized carbons (Fsp3) is 1.00. The van der Waals surface area contributed by atoms with E-state index in [0.29, 0.717) is 18.1 Å². The lowest BCUT2D eigenvalue weighted by Crippen LogP contribution is -2.23. The zero-order valence-corrected chi connectivity index (χ0v) is 16.5. The average molecular weight is 424 g/mol. The van der Waals surface area contributed by atoms with E-state index in [2.05, 4.69) is 0 Å². The Balaban J connectivity index is 4.32. The third-order valence-corrected chi connectivity index (χ3v) is 8.50. The molecule has 0 aromatic rings. The first-order valence-electron chi connectivity index (χ1n) is 3.91. The SMILES string of the molecule is Cl[SiH](Cl)CC(C[Si](Cl)(Cl)Cl)C[Si](Cl)(Cl)Cl. The smallest absolute Gasteiger partial charge is 0.150 e. The molecule has 0 atom stereocenters. The Morgan fingerprint density at radius 3 is 1.33 bits per heavy atom. The molecule has 0 bridgehead atoms. The van der Waals surface area contributed by atoms with Gasteiger partial charge in [-0.25, -0.2) is 0 Å². The summed E-state index contributed by atoms with van der Waals surface area (Å²) in [6, 6.07) is -3.93. The Bertz CT molecular complexity index is 169. The van der Waals surface area contributed by atoms with Gasteiger partial charge in [0.2, 0.25) is 7.42 Å². The van der Waals surface area contributed by atoms with Crippen LogP contribution < -0.4 is 0 Å². The molecule has 0 radical (unpaired) electrons. The van der Waals surface area contributed by atoms with Gasteiger partial charge in [-0.05, 0) is 24.1 Å². The molecule has 0 spiro atoms. The van der Waals surface area contributed by atoms with E-state index in [-0.39, 0.29) is 5.92 Å². The number of halogens is 8. The highest BCUT2D eigenvalue weighted by atomic mass is 35.8. The molecule has 0 nitrogen and oxygen atoms in total. The largest absolute Gasteiger partial charge is 0.341 e. The Morgan fingerprint density at radius 1 is 0.800 bits per heavy atom. The zero-order chi connectivity index (χ0) is 12.3. The molecule has 0 aliphatic rings. The van der Waals surface area contributed by atoms with Gasteiger partial charge in [-0.1, -0.05) is 0 Å². The van der Waals surface area contributed by atoms with Gasteiger partial charge in [0, 0.05) is 0 Å². The minimum Gasteiger partial charge on any atom is -0.150 e. The summed E-state index contributed by atoms with van der Waals surface area (Å²) < 4.78 is 0. The molecule has 0 N–H and O–H groups in total. The highest BCUT2D eigenvalue weighted by molar-refractivity contribution is 7.65. The van der Waals surface area contributed by atoms with Crippen LogP contribution in [-0.4, -0.2) is 19.4 Å². The summed E-state index contributed by atoms with van der Waals surface area (Å²) in [5.41, 5.74) is 0. The van der Waals surface area contributed by atoms with E-state index in [9.17, 15) is 0 Å². The molecule has 11 heteroatoms. The maximum Gasteiger partial charge on any atom is 0.341 e. The molecule has 0 aliphatic carbocycles. The van der Waals surface area contributed by atoms with E-state index in [1.807, 2.05) is 0 Å². The third-order valence-electron chi connectivity index (χ3n) is 1.55. The molecule has 0 saturated carbocycles. The highest BCUT2D eigenvalue weighted by Gasteiger charge is 2.36. The summed E-state index contributed by atoms with van der Waals surface area (Å²) in [5.74, 6) is 0.0231. The third kappa shape index (κ3) is 13.2. The Hall–Kier alpha value is 2.97. The summed E-state index contributed by atoms with van der Waals surface area (Å²) in [6.07, 6.45) is 0. The van der Waals surface area contributed by atoms with Crippen molar-refractivity contribution in [2.45, 2.75) is 18.1 Å². The fourth-order valence-electron chi connectivity index (χ4n) is 1.15. The second-order valence-corrected chi connectivity index (χ2v) is 26.6. The lowest BCUT2D eigenvalue weighted by molar-refractivity contribution is 0.721. The lowest BCUT2D eigenvalue weighted by atomic mass is 10.3. The molecule has 15 heavy (non-hydrogen) atoms. The number of hydrogen-bond acceptors (Lipinski definition) is 0. The van der Waals surface area contributed by atoms with Crippen LogP contribution in [0.25, 0.3) is 0 Å². The van der Waals surface area contributed by atoms with Crippen LogP contribution in [-0.2, 0) is 0 Å². The molecule has 92 valence electrons. The van der Waals surface area contributed by atoms with Crippen molar-refractivity contribution in [2.75, 3.05) is 0 Å². The van der Waals surface area contributed by atoms with E-state index in [1.165, 1.54) is 0 Å². The second-order valence-electron chi connectivity index (χ2n) is 3.13. The van der Waals surface area contributed by atoms with Crippen LogP contribution in [0.2, 0.25) is 18.1 Å². The van der Waals surface area contributed by atoms with Crippen LogP contribution in [0.1, 0.15) is 0 Å². The average Bonchev–Trinajstić information content (AvgIpc) is 1.73. The van der Waals surface area contributed by atoms with E-state index in [1.54, 1.807) is 0 Å². The van der Waals surface area contributed by atoms with Crippen molar-refractivity contribution in [3.8, 4) is 0 Å². The van der Waals surface area contributed by atoms with Gasteiger partial charge in [-0.15, -0.1) is 66.5 Å². The minimum absolute atomic E-state index is 0.0231. The summed E-state index contributed by atoms with van der Waals surface area (Å²) in [4.78, 5) is 0. The van der Waals surface area contributed by atoms with Gasteiger partial charge >= 0.3 is 12.0 Å². The molecule has 0 aromatic heterocycles. The molecular formula is C4H8Cl8Si3. The van der Waals surface area contributed by atoms with Crippen molar-refractivity contribution in [3.05, 3.63) is 0 Å². The van der Waals surface area contributed by atoms with Crippen LogP contribution in [0.3, 0.4) is 0 Å². The summed E-state index contributed by atoms with van der Waals surface area (Å²) in [7, 11) is -1.77. The van der Waals surface area contributed by atoms with Crippen LogP contribution in [0.15, 0.2) is 0 Å². The number of rotatable bonds is 6. The molecule has 0 rings (SSSR count). The van der Waals surface area contributed by atoms with Crippen molar-refractivity contribution >= 4 is 108 Å². The predicted octanol–water partition coefficient (Wildman–Crippen LogP) is 5.61. The van der Waals surface area contributed by atoms with Crippen molar-refractivity contribution in [2.24, 2.45) is 5.92 Å². The fourth-order valence-corrected chi connectivity index (χ4v) is 10.3. The highest BCUT2D eigenvalue weighted by Crippen LogP contribution is 2.39. The summed E-state index contributed by atoms with van der Waals surface area (Å²) in [6.45, 7) is 0. The van der Waals surface area contributed by atoms with E-state index in [0.717, 1.165) is 0 Å². The first kappa shape index (κ1) is 18.0. The van der Waals surface area contributed by atoms with Crippen LogP contribution in [0.5, 0.6) is 0 Å². The monoisotopic (exact) mass is 420 g/mol. The standard InChI is InChI=1S/C4H8Cl8Si3/c5-13(6)1-4(2-14(7,8)9)3-15(10,11)12/h4,13H,1-3H2. The molecule has 0 unspecified atom stereocenters. The molecule has 0 fully saturated rings. The zero-order valence-electron chi connectivity index (χ0n) is 7.30. The Kier molecular flexibility index (Phi) is 9.03. The summed E-state index contributed by atoms with van der Waals surface area (Å²) >= 11 is 46.6. The topological polar surface area (TPSA) is 0 Å². The lowest BCUT2D eigenvalue weighted by Gasteiger charge is -2.22. The quantitative estimate of drug-likeness (QED) is 0.384. The Morgan fingerprint density at radius 2 is 1.13 bits per heavy atom. The first-order chi connectivity index (χ1) is 6.49. The molecule has 0 aromatic carbocycles. The van der Waals surface area contributed by atoms with Gasteiger partial charge in [-0.3, -0.25) is 0 Å². The van der Waals surface area contributed by atoms with Gasteiger partial charge in [0.25, 0.3) is 0 Å². The molecule has 0 aliphatic heterocycles. The Labute approximate surface area is 131 Å². The van der Waals surface area contributed by atoms with Gasteiger partial charge in [-0.2, -0.15) is 22.2 Å². The van der Waals surface area contributed by atoms with Crippen LogP contribution in [0, 0.1) is 5.92 Å². The molecular weight excluding hydrogens is 416 g/mol. The van der Waals surface area contributed by atoms with E-state index in [4.69, 9.17) is 88.6 Å². The minimum atomic E-state index is -2.72. The van der Waals surface area contributed by atoms with E-state index < -0.39 is 19.4 Å². The predicted molar refractivity (Wildman–Crippen MR) is 83.4 cm³/mol. The molecule has 0 heterocycles. The van der Waals surface area contributed by atoms with Crippen molar-refractivity contribution in [1.29, 1.82) is 0 Å². The normalized spacial score (nSPS) is 14.0. The second kappa shape index (κ2) is 7.53. The molecule has 0 amide bonds. The molecule has 0 saturated heterocycles. The number of hydrogen-bond donors (Lipinski definition) is 0. The van der Waals surface area contributed by atoms with Gasteiger partial charge in [0.1, 0.15) is 0 Å². The van der Waals surface area contributed by atoms with Crippen molar-refractivity contribution in [3.63, 3.8) is 0 Å². The first-order valence-corrected chi connectivity index (χ1v) is 18.7. The van der Waals surface area contributed by atoms with Crippen molar-refractivity contribution in [1.82, 2.24) is 0 Å². The van der Waals surface area contributed by atoms with Crippen LogP contribution >= 0.6 is 88.6 Å². The summed E-state index contributed by atoms with van der Waals surface area (Å²) in [5, 5.41) is 0. The van der Waals surface area contributed by atoms with Gasteiger partial charge in [0.15, 0.2) is 0 Å². The maximum atomic E-state index is 5.83. The van der Waals surface area contributed by atoms with Gasteiger partial charge < -0.3 is 0 Å². The van der Waals surface area contributed by atoms with Crippen molar-refractivity contribution < 1.29 is 0 Å². The van der Waals surface area contributed by atoms with Gasteiger partial charge in [0.05, 0.1) is 0 Å². The maximum absolute atomic E-state index is 5.83.